The van der Waals surface area contributed by atoms with Gasteiger partial charge in [0, 0.05) is 10.9 Å². The monoisotopic (exact) mass is 417 g/mol. The van der Waals surface area contributed by atoms with E-state index in [1.165, 1.54) is 18.4 Å². The van der Waals surface area contributed by atoms with Gasteiger partial charge in [-0.05, 0) is 65.1 Å². The molecule has 1 aromatic heterocycles. The van der Waals surface area contributed by atoms with Crippen LogP contribution >= 0.6 is 22.6 Å². The number of H-pyrrole nitrogens is 1. The fourth-order valence-corrected chi connectivity index (χ4v) is 3.46. The second kappa shape index (κ2) is 5.96. The van der Waals surface area contributed by atoms with E-state index >= 15 is 0 Å². The first-order valence-corrected chi connectivity index (χ1v) is 8.79. The number of nitrogens with zero attached hydrogens (tertiary/aromatic N) is 1. The summed E-state index contributed by atoms with van der Waals surface area (Å²) in [6, 6.07) is 16.0. The van der Waals surface area contributed by atoms with Crippen LogP contribution in [0.25, 0.3) is 10.9 Å². The summed E-state index contributed by atoms with van der Waals surface area (Å²) < 4.78 is 0.953. The lowest BCUT2D eigenvalue weighted by Crippen LogP contribution is -2.29. The Morgan fingerprint density at radius 1 is 1.22 bits per heavy atom. The van der Waals surface area contributed by atoms with Crippen molar-refractivity contribution in [3.8, 4) is 0 Å². The summed E-state index contributed by atoms with van der Waals surface area (Å²) in [6.07, 6.45) is 2.36. The fraction of sp³-hybridized carbons (Fsp3) is 0.222. The molecule has 116 valence electrons. The van der Waals surface area contributed by atoms with Crippen LogP contribution in [0, 0.1) is 9.62 Å². The summed E-state index contributed by atoms with van der Waals surface area (Å²) in [4.78, 5) is 12.7. The third kappa shape index (κ3) is 2.97. The molecule has 4 rings (SSSR count). The van der Waals surface area contributed by atoms with Gasteiger partial charge < -0.3 is 5.32 Å². The summed E-state index contributed by atoms with van der Waals surface area (Å²) in [5.41, 5.74) is 2.74. The van der Waals surface area contributed by atoms with Crippen molar-refractivity contribution in [2.45, 2.75) is 18.9 Å². The molecule has 0 radical (unpaired) electrons. The van der Waals surface area contributed by atoms with Gasteiger partial charge in [-0.1, -0.05) is 30.3 Å². The molecule has 0 bridgehead atoms. The fourth-order valence-electron chi connectivity index (χ4n) is 2.91. The second-order valence-corrected chi connectivity index (χ2v) is 7.05. The predicted octanol–water partition coefficient (Wildman–Crippen LogP) is 4.05. The van der Waals surface area contributed by atoms with E-state index in [1.807, 2.05) is 36.4 Å². The quantitative estimate of drug-likeness (QED) is 0.630. The SMILES string of the molecule is O=C(NC(c1ccccc1)C1CC1)c1ccc2n[nH]c(I)c2c1. The number of carbonyl (C=O) groups is 1. The minimum Gasteiger partial charge on any atom is -0.345 e. The smallest absolute Gasteiger partial charge is 0.251 e. The van der Waals surface area contributed by atoms with Gasteiger partial charge in [-0.3, -0.25) is 9.89 Å². The molecule has 0 spiro atoms. The molecule has 2 N–H and O–H groups in total. The van der Waals surface area contributed by atoms with E-state index in [0.717, 1.165) is 14.6 Å². The predicted molar refractivity (Wildman–Crippen MR) is 98.2 cm³/mol. The summed E-state index contributed by atoms with van der Waals surface area (Å²) in [7, 11) is 0. The van der Waals surface area contributed by atoms with Gasteiger partial charge in [0.1, 0.15) is 3.70 Å². The Bertz CT molecular complexity index is 855. The first kappa shape index (κ1) is 14.7. The standard InChI is InChI=1S/C18H16IN3O/c19-17-14-10-13(8-9-15(14)21-22-17)18(23)20-16(12-6-7-12)11-4-2-1-3-5-11/h1-5,8-10,12,16H,6-7H2,(H,20,23)(H,21,22). The molecule has 0 saturated heterocycles. The zero-order chi connectivity index (χ0) is 15.8. The summed E-state index contributed by atoms with van der Waals surface area (Å²) in [5.74, 6) is 0.531. The maximum absolute atomic E-state index is 12.7. The highest BCUT2D eigenvalue weighted by molar-refractivity contribution is 14.1. The van der Waals surface area contributed by atoms with Crippen LogP contribution in [0.5, 0.6) is 0 Å². The van der Waals surface area contributed by atoms with Gasteiger partial charge in [0.15, 0.2) is 0 Å². The number of rotatable bonds is 4. The van der Waals surface area contributed by atoms with Crippen LogP contribution in [0.2, 0.25) is 0 Å². The summed E-state index contributed by atoms with van der Waals surface area (Å²) >= 11 is 2.20. The Hall–Kier alpha value is -1.89. The van der Waals surface area contributed by atoms with Crippen LogP contribution in [0.4, 0.5) is 0 Å². The average molecular weight is 417 g/mol. The molecule has 1 heterocycles. The first-order chi connectivity index (χ1) is 11.2. The third-order valence-corrected chi connectivity index (χ3v) is 5.13. The number of carbonyl (C=O) groups excluding carboxylic acids is 1. The molecular formula is C18H16IN3O. The van der Waals surface area contributed by atoms with E-state index in [2.05, 4.69) is 50.2 Å². The van der Waals surface area contributed by atoms with Gasteiger partial charge in [0.25, 0.3) is 5.91 Å². The minimum atomic E-state index is -0.0235. The van der Waals surface area contributed by atoms with Crippen LogP contribution in [-0.2, 0) is 0 Å². The van der Waals surface area contributed by atoms with Crippen molar-refractivity contribution in [2.75, 3.05) is 0 Å². The first-order valence-electron chi connectivity index (χ1n) is 7.72. The lowest BCUT2D eigenvalue weighted by atomic mass is 10.0. The zero-order valence-corrected chi connectivity index (χ0v) is 14.6. The number of fused-ring (bicyclic) bond motifs is 1. The number of amides is 1. The molecule has 4 nitrogen and oxygen atoms in total. The molecule has 0 aliphatic heterocycles. The van der Waals surface area contributed by atoms with Gasteiger partial charge in [0.2, 0.25) is 0 Å². The largest absolute Gasteiger partial charge is 0.345 e. The van der Waals surface area contributed by atoms with Crippen LogP contribution in [0.15, 0.2) is 48.5 Å². The Balaban J connectivity index is 1.61. The number of benzene rings is 2. The van der Waals surface area contributed by atoms with E-state index in [9.17, 15) is 4.79 Å². The average Bonchev–Trinajstić information content (AvgIpc) is 3.37. The van der Waals surface area contributed by atoms with Crippen molar-refractivity contribution in [2.24, 2.45) is 5.92 Å². The van der Waals surface area contributed by atoms with Gasteiger partial charge >= 0.3 is 0 Å². The maximum Gasteiger partial charge on any atom is 0.251 e. The van der Waals surface area contributed by atoms with Crippen LogP contribution in [0.1, 0.15) is 34.8 Å². The van der Waals surface area contributed by atoms with Crippen molar-refractivity contribution in [1.29, 1.82) is 0 Å². The normalized spacial score (nSPS) is 15.5. The molecule has 1 aliphatic carbocycles. The lowest BCUT2D eigenvalue weighted by Gasteiger charge is -2.19. The lowest BCUT2D eigenvalue weighted by molar-refractivity contribution is 0.0932. The highest BCUT2D eigenvalue weighted by Gasteiger charge is 2.33. The number of hydrogen-bond acceptors (Lipinski definition) is 2. The third-order valence-electron chi connectivity index (χ3n) is 4.31. The molecule has 1 amide bonds. The number of hydrogen-bond donors (Lipinski definition) is 2. The molecule has 2 aromatic carbocycles. The van der Waals surface area contributed by atoms with E-state index in [4.69, 9.17) is 0 Å². The summed E-state index contributed by atoms with van der Waals surface area (Å²) in [5, 5.41) is 11.3. The number of aromatic amines is 1. The van der Waals surface area contributed by atoms with Gasteiger partial charge in [-0.25, -0.2) is 0 Å². The van der Waals surface area contributed by atoms with Crippen molar-refractivity contribution < 1.29 is 4.79 Å². The molecule has 1 aliphatic rings. The van der Waals surface area contributed by atoms with E-state index in [-0.39, 0.29) is 11.9 Å². The molecule has 1 atom stereocenters. The van der Waals surface area contributed by atoms with Gasteiger partial charge in [-0.15, -0.1) is 0 Å². The molecule has 23 heavy (non-hydrogen) atoms. The summed E-state index contributed by atoms with van der Waals surface area (Å²) in [6.45, 7) is 0. The number of nitrogens with one attached hydrogen (secondary N) is 2. The van der Waals surface area contributed by atoms with Crippen LogP contribution < -0.4 is 5.32 Å². The Kier molecular flexibility index (Phi) is 3.80. The van der Waals surface area contributed by atoms with E-state index in [1.54, 1.807) is 0 Å². The molecule has 1 unspecified atom stereocenters. The molecule has 3 aromatic rings. The maximum atomic E-state index is 12.7. The highest BCUT2D eigenvalue weighted by atomic mass is 127. The molecule has 1 saturated carbocycles. The van der Waals surface area contributed by atoms with Crippen LogP contribution in [0.3, 0.4) is 0 Å². The zero-order valence-electron chi connectivity index (χ0n) is 12.4. The second-order valence-electron chi connectivity index (χ2n) is 5.97. The van der Waals surface area contributed by atoms with Crippen molar-refractivity contribution in [1.82, 2.24) is 15.5 Å². The van der Waals surface area contributed by atoms with Gasteiger partial charge in [0.05, 0.1) is 11.6 Å². The van der Waals surface area contributed by atoms with Crippen molar-refractivity contribution in [3.63, 3.8) is 0 Å². The van der Waals surface area contributed by atoms with Crippen molar-refractivity contribution in [3.05, 3.63) is 63.4 Å². The van der Waals surface area contributed by atoms with Crippen LogP contribution in [-0.4, -0.2) is 16.1 Å². The molecule has 5 heteroatoms. The Labute approximate surface area is 147 Å². The van der Waals surface area contributed by atoms with Gasteiger partial charge in [-0.2, -0.15) is 5.10 Å². The Morgan fingerprint density at radius 2 is 2.00 bits per heavy atom. The Morgan fingerprint density at radius 3 is 2.74 bits per heavy atom. The molecule has 1 fully saturated rings. The highest BCUT2D eigenvalue weighted by Crippen LogP contribution is 2.41. The topological polar surface area (TPSA) is 57.8 Å². The van der Waals surface area contributed by atoms with E-state index in [0.29, 0.717) is 11.5 Å². The molecular weight excluding hydrogens is 401 g/mol. The number of halogens is 1. The number of aromatic nitrogens is 2. The van der Waals surface area contributed by atoms with E-state index < -0.39 is 0 Å². The minimum absolute atomic E-state index is 0.0235. The van der Waals surface area contributed by atoms with Crippen molar-refractivity contribution >= 4 is 39.4 Å².